The fourth-order valence-electron chi connectivity index (χ4n) is 3.01. The van der Waals surface area contributed by atoms with E-state index < -0.39 is 0 Å². The van der Waals surface area contributed by atoms with E-state index in [1.165, 1.54) is 0 Å². The van der Waals surface area contributed by atoms with Crippen LogP contribution in [0.4, 0.5) is 11.6 Å². The van der Waals surface area contributed by atoms with Crippen molar-refractivity contribution in [1.29, 1.82) is 0 Å². The fraction of sp³-hybridized carbons (Fsp3) is 0.190. The highest BCUT2D eigenvalue weighted by Crippen LogP contribution is 2.27. The van der Waals surface area contributed by atoms with Gasteiger partial charge in [0.15, 0.2) is 10.8 Å². The van der Waals surface area contributed by atoms with Gasteiger partial charge in [-0.3, -0.25) is 0 Å². The molecular weight excluding hydrogens is 390 g/mol. The van der Waals surface area contributed by atoms with Crippen molar-refractivity contribution in [3.63, 3.8) is 0 Å². The van der Waals surface area contributed by atoms with Gasteiger partial charge in [0.1, 0.15) is 17.0 Å². The normalized spacial score (nSPS) is 10.9. The molecule has 0 radical (unpaired) electrons. The van der Waals surface area contributed by atoms with Gasteiger partial charge in [-0.05, 0) is 42.0 Å². The zero-order chi connectivity index (χ0) is 20.4. The van der Waals surface area contributed by atoms with Gasteiger partial charge >= 0.3 is 0 Å². The van der Waals surface area contributed by atoms with Gasteiger partial charge in [-0.15, -0.1) is 0 Å². The molecule has 4 aromatic rings. The number of imidazole rings is 1. The molecule has 148 valence electrons. The Labute approximate surface area is 173 Å². The average Bonchev–Trinajstić information content (AvgIpc) is 3.17. The first-order valence-electron chi connectivity index (χ1n) is 8.98. The summed E-state index contributed by atoms with van der Waals surface area (Å²) in [4.78, 5) is 15.4. The molecule has 0 aliphatic carbocycles. The Bertz CT molecular complexity index is 1130. The van der Waals surface area contributed by atoms with E-state index in [4.69, 9.17) is 26.1 Å². The smallest absolute Gasteiger partial charge is 0.233 e. The van der Waals surface area contributed by atoms with Crippen molar-refractivity contribution >= 4 is 34.4 Å². The summed E-state index contributed by atoms with van der Waals surface area (Å²) in [5.74, 6) is 2.09. The molecule has 0 amide bonds. The molecule has 0 saturated heterocycles. The van der Waals surface area contributed by atoms with E-state index in [0.29, 0.717) is 28.8 Å². The lowest BCUT2D eigenvalue weighted by atomic mass is 10.2. The molecule has 0 saturated carbocycles. The van der Waals surface area contributed by atoms with Crippen LogP contribution in [0.1, 0.15) is 5.56 Å². The number of nitrogens with zero attached hydrogens (tertiary/aromatic N) is 5. The van der Waals surface area contributed by atoms with Gasteiger partial charge in [-0.1, -0.05) is 23.7 Å². The van der Waals surface area contributed by atoms with Crippen LogP contribution in [0, 0.1) is 0 Å². The summed E-state index contributed by atoms with van der Waals surface area (Å²) in [6.07, 6.45) is 1.73. The van der Waals surface area contributed by atoms with Crippen LogP contribution < -0.4 is 14.4 Å². The Morgan fingerprint density at radius 3 is 2.17 bits per heavy atom. The van der Waals surface area contributed by atoms with Gasteiger partial charge in [-0.2, -0.15) is 9.97 Å². The molecule has 0 spiro atoms. The van der Waals surface area contributed by atoms with E-state index in [-0.39, 0.29) is 0 Å². The van der Waals surface area contributed by atoms with Crippen molar-refractivity contribution < 1.29 is 9.47 Å². The number of rotatable bonds is 6. The van der Waals surface area contributed by atoms with Crippen LogP contribution >= 0.6 is 11.6 Å². The first-order valence-corrected chi connectivity index (χ1v) is 9.36. The molecule has 7 nitrogen and oxygen atoms in total. The number of benzene rings is 2. The summed E-state index contributed by atoms with van der Waals surface area (Å²) >= 11 is 6.41. The van der Waals surface area contributed by atoms with Crippen LogP contribution in [-0.2, 0) is 6.54 Å². The van der Waals surface area contributed by atoms with Gasteiger partial charge < -0.3 is 18.9 Å². The number of ether oxygens (including phenoxy) is 2. The van der Waals surface area contributed by atoms with Gasteiger partial charge in [0.25, 0.3) is 0 Å². The monoisotopic (exact) mass is 409 g/mol. The van der Waals surface area contributed by atoms with E-state index >= 15 is 0 Å². The quantitative estimate of drug-likeness (QED) is 0.442. The van der Waals surface area contributed by atoms with Crippen molar-refractivity contribution in [3.8, 4) is 11.5 Å². The van der Waals surface area contributed by atoms with Gasteiger partial charge in [-0.25, -0.2) is 4.98 Å². The summed E-state index contributed by atoms with van der Waals surface area (Å²) in [6, 6.07) is 15.5. The molecule has 2 heterocycles. The Hall–Kier alpha value is -3.32. The topological polar surface area (TPSA) is 65.3 Å². The van der Waals surface area contributed by atoms with Crippen LogP contribution in [0.25, 0.3) is 11.2 Å². The predicted molar refractivity (Wildman–Crippen MR) is 113 cm³/mol. The average molecular weight is 410 g/mol. The van der Waals surface area contributed by atoms with Crippen LogP contribution in [0.2, 0.25) is 5.15 Å². The third-order valence-electron chi connectivity index (χ3n) is 4.68. The number of methoxy groups -OCH3 is 2. The third-order valence-corrected chi connectivity index (χ3v) is 4.94. The summed E-state index contributed by atoms with van der Waals surface area (Å²) in [5, 5.41) is 0.318. The fourth-order valence-corrected chi connectivity index (χ4v) is 3.22. The minimum Gasteiger partial charge on any atom is -0.497 e. The van der Waals surface area contributed by atoms with Crippen LogP contribution in [0.3, 0.4) is 0 Å². The molecule has 2 aromatic heterocycles. The Kier molecular flexibility index (Phi) is 5.22. The number of anilines is 2. The summed E-state index contributed by atoms with van der Waals surface area (Å²) < 4.78 is 12.4. The van der Waals surface area contributed by atoms with Gasteiger partial charge in [0.05, 0.1) is 27.1 Å². The lowest BCUT2D eigenvalue weighted by molar-refractivity contribution is 0.414. The highest BCUT2D eigenvalue weighted by molar-refractivity contribution is 6.33. The van der Waals surface area contributed by atoms with Crippen LogP contribution in [-0.4, -0.2) is 40.8 Å². The van der Waals surface area contributed by atoms with Crippen molar-refractivity contribution in [3.05, 3.63) is 65.6 Å². The lowest BCUT2D eigenvalue weighted by Crippen LogP contribution is -2.14. The Morgan fingerprint density at radius 2 is 1.55 bits per heavy atom. The molecule has 4 rings (SSSR count). The lowest BCUT2D eigenvalue weighted by Gasteiger charge is -2.18. The highest BCUT2D eigenvalue weighted by atomic mass is 35.5. The summed E-state index contributed by atoms with van der Waals surface area (Å²) in [6.45, 7) is 0.611. The molecular formula is C21H20ClN5O2. The number of aromatic nitrogens is 4. The molecule has 0 aliphatic rings. The molecule has 0 N–H and O–H groups in total. The van der Waals surface area contributed by atoms with Crippen molar-refractivity contribution in [1.82, 2.24) is 19.5 Å². The first kappa shape index (κ1) is 19.0. The van der Waals surface area contributed by atoms with E-state index in [0.717, 1.165) is 22.7 Å². The SMILES string of the molecule is COc1ccc(Cn2cnc3c(Cl)nc(N(C)c4ccc(OC)cc4)nc32)cc1. The summed E-state index contributed by atoms with van der Waals surface area (Å²) in [5.41, 5.74) is 3.27. The molecule has 0 unspecified atom stereocenters. The molecule has 0 atom stereocenters. The number of halogens is 1. The molecule has 29 heavy (non-hydrogen) atoms. The Balaban J connectivity index is 1.68. The maximum absolute atomic E-state index is 6.41. The number of fused-ring (bicyclic) bond motifs is 1. The largest absolute Gasteiger partial charge is 0.497 e. The molecule has 0 fully saturated rings. The second-order valence-electron chi connectivity index (χ2n) is 6.46. The van der Waals surface area contributed by atoms with E-state index in [9.17, 15) is 0 Å². The molecule has 0 bridgehead atoms. The minimum atomic E-state index is 0.318. The van der Waals surface area contributed by atoms with Crippen molar-refractivity contribution in [2.75, 3.05) is 26.2 Å². The summed E-state index contributed by atoms with van der Waals surface area (Å²) in [7, 11) is 5.18. The molecule has 2 aromatic carbocycles. The molecule has 0 aliphatic heterocycles. The first-order chi connectivity index (χ1) is 14.1. The van der Waals surface area contributed by atoms with Crippen molar-refractivity contribution in [2.45, 2.75) is 6.54 Å². The highest BCUT2D eigenvalue weighted by Gasteiger charge is 2.15. The van der Waals surface area contributed by atoms with Crippen molar-refractivity contribution in [2.24, 2.45) is 0 Å². The Morgan fingerprint density at radius 1 is 0.931 bits per heavy atom. The minimum absolute atomic E-state index is 0.318. The van der Waals surface area contributed by atoms with Crippen LogP contribution in [0.15, 0.2) is 54.9 Å². The standard InChI is InChI=1S/C21H20ClN5O2/c1-26(15-6-10-17(29-3)11-7-15)21-24-19(22)18-20(25-21)27(13-23-18)12-14-4-8-16(28-2)9-5-14/h4-11,13H,12H2,1-3H3. The zero-order valence-corrected chi connectivity index (χ0v) is 17.1. The van der Waals surface area contributed by atoms with E-state index in [1.54, 1.807) is 20.5 Å². The van der Waals surface area contributed by atoms with Gasteiger partial charge in [0, 0.05) is 12.7 Å². The van der Waals surface area contributed by atoms with Crippen LogP contribution in [0.5, 0.6) is 11.5 Å². The number of hydrogen-bond donors (Lipinski definition) is 0. The predicted octanol–water partition coefficient (Wildman–Crippen LogP) is 4.31. The maximum atomic E-state index is 6.41. The second kappa shape index (κ2) is 7.97. The maximum Gasteiger partial charge on any atom is 0.233 e. The molecule has 8 heteroatoms. The zero-order valence-electron chi connectivity index (χ0n) is 16.3. The van der Waals surface area contributed by atoms with E-state index in [2.05, 4.69) is 9.97 Å². The second-order valence-corrected chi connectivity index (χ2v) is 6.82. The van der Waals surface area contributed by atoms with E-state index in [1.807, 2.05) is 65.0 Å². The third kappa shape index (κ3) is 3.82. The van der Waals surface area contributed by atoms with Gasteiger partial charge in [0.2, 0.25) is 5.95 Å². The number of hydrogen-bond acceptors (Lipinski definition) is 6.